The molecule has 13 heavy (non-hydrogen) atoms. The zero-order chi connectivity index (χ0) is 10.0. The number of hydrogen-bond donors (Lipinski definition) is 0. The van der Waals surface area contributed by atoms with E-state index in [1.54, 1.807) is 6.07 Å². The van der Waals surface area contributed by atoms with Gasteiger partial charge >= 0.3 is 0 Å². The lowest BCUT2D eigenvalue weighted by Crippen LogP contribution is -1.97. The Morgan fingerprint density at radius 3 is 2.69 bits per heavy atom. The standard InChI is InChI=1S/C8H5ClF2N2/c1-4-5(2-12)6(9)3-13-7(4)8(10)11/h3,8H,1H3. The molecule has 0 bridgehead atoms. The summed E-state index contributed by atoms with van der Waals surface area (Å²) >= 11 is 5.58. The zero-order valence-electron chi connectivity index (χ0n) is 6.68. The van der Waals surface area contributed by atoms with Crippen LogP contribution in [0.4, 0.5) is 8.78 Å². The number of nitrogens with zero attached hydrogens (tertiary/aromatic N) is 2. The fourth-order valence-electron chi connectivity index (χ4n) is 0.952. The van der Waals surface area contributed by atoms with Crippen molar-refractivity contribution >= 4 is 11.6 Å². The van der Waals surface area contributed by atoms with Crippen molar-refractivity contribution in [2.75, 3.05) is 0 Å². The van der Waals surface area contributed by atoms with Gasteiger partial charge in [-0.25, -0.2) is 8.78 Å². The van der Waals surface area contributed by atoms with Crippen LogP contribution in [0.15, 0.2) is 6.20 Å². The lowest BCUT2D eigenvalue weighted by molar-refractivity contribution is 0.145. The smallest absolute Gasteiger partial charge is 0.253 e. The molecule has 0 aliphatic rings. The Hall–Kier alpha value is -1.21. The SMILES string of the molecule is Cc1c(C(F)F)ncc(Cl)c1C#N. The molecule has 68 valence electrons. The Morgan fingerprint density at radius 1 is 1.62 bits per heavy atom. The molecule has 1 rings (SSSR count). The van der Waals surface area contributed by atoms with Gasteiger partial charge in [0.25, 0.3) is 6.43 Å². The summed E-state index contributed by atoms with van der Waals surface area (Å²) in [5.74, 6) is 0. The van der Waals surface area contributed by atoms with E-state index in [-0.39, 0.29) is 21.8 Å². The van der Waals surface area contributed by atoms with Crippen molar-refractivity contribution in [3.8, 4) is 6.07 Å². The summed E-state index contributed by atoms with van der Waals surface area (Å²) in [5.41, 5.74) is -0.182. The predicted molar refractivity (Wildman–Crippen MR) is 43.7 cm³/mol. The number of alkyl halides is 2. The van der Waals surface area contributed by atoms with Crippen LogP contribution < -0.4 is 0 Å². The third-order valence-corrected chi connectivity index (χ3v) is 1.92. The van der Waals surface area contributed by atoms with Crippen LogP contribution >= 0.6 is 11.6 Å². The number of halogens is 3. The second-order valence-electron chi connectivity index (χ2n) is 2.40. The molecule has 0 unspecified atom stereocenters. The molecule has 1 heterocycles. The normalized spacial score (nSPS) is 10.2. The number of hydrogen-bond acceptors (Lipinski definition) is 2. The van der Waals surface area contributed by atoms with Gasteiger partial charge in [0.2, 0.25) is 0 Å². The van der Waals surface area contributed by atoms with Gasteiger partial charge in [0.15, 0.2) is 0 Å². The van der Waals surface area contributed by atoms with Gasteiger partial charge in [-0.3, -0.25) is 4.98 Å². The summed E-state index contributed by atoms with van der Waals surface area (Å²) in [5, 5.41) is 8.70. The van der Waals surface area contributed by atoms with E-state index in [4.69, 9.17) is 16.9 Å². The number of nitriles is 1. The summed E-state index contributed by atoms with van der Waals surface area (Å²) in [6.07, 6.45) is -1.61. The Labute approximate surface area is 78.8 Å². The second-order valence-corrected chi connectivity index (χ2v) is 2.81. The molecule has 0 saturated heterocycles. The summed E-state index contributed by atoms with van der Waals surface area (Å²) in [6.45, 7) is 1.40. The number of rotatable bonds is 1. The molecule has 5 heteroatoms. The summed E-state index contributed by atoms with van der Waals surface area (Å²) in [7, 11) is 0. The first-order valence-corrected chi connectivity index (χ1v) is 3.79. The maximum absolute atomic E-state index is 12.3. The van der Waals surface area contributed by atoms with Crippen molar-refractivity contribution in [3.63, 3.8) is 0 Å². The fraction of sp³-hybridized carbons (Fsp3) is 0.250. The molecule has 2 nitrogen and oxygen atoms in total. The maximum atomic E-state index is 12.3. The van der Waals surface area contributed by atoms with Gasteiger partial charge in [-0.2, -0.15) is 5.26 Å². The van der Waals surface area contributed by atoms with Crippen LogP contribution in [0.3, 0.4) is 0 Å². The minimum Gasteiger partial charge on any atom is -0.253 e. The van der Waals surface area contributed by atoms with Gasteiger partial charge in [0.1, 0.15) is 11.8 Å². The van der Waals surface area contributed by atoms with E-state index in [1.807, 2.05) is 0 Å². The highest BCUT2D eigenvalue weighted by atomic mass is 35.5. The molecule has 0 fully saturated rings. The third-order valence-electron chi connectivity index (χ3n) is 1.63. The van der Waals surface area contributed by atoms with Crippen molar-refractivity contribution in [2.24, 2.45) is 0 Å². The van der Waals surface area contributed by atoms with Gasteiger partial charge in [-0.05, 0) is 12.5 Å². The van der Waals surface area contributed by atoms with E-state index in [0.717, 1.165) is 6.20 Å². The fourth-order valence-corrected chi connectivity index (χ4v) is 1.18. The van der Waals surface area contributed by atoms with Crippen LogP contribution in [0, 0.1) is 18.3 Å². The quantitative estimate of drug-likeness (QED) is 0.702. The highest BCUT2D eigenvalue weighted by Gasteiger charge is 2.16. The molecule has 0 amide bonds. The molecular formula is C8H5ClF2N2. The number of aromatic nitrogens is 1. The summed E-state index contributed by atoms with van der Waals surface area (Å²) in [4.78, 5) is 3.45. The van der Waals surface area contributed by atoms with Gasteiger partial charge < -0.3 is 0 Å². The summed E-state index contributed by atoms with van der Waals surface area (Å²) in [6, 6.07) is 1.75. The molecule has 0 saturated carbocycles. The van der Waals surface area contributed by atoms with Crippen LogP contribution in [0.5, 0.6) is 0 Å². The Balaban J connectivity index is 3.38. The molecule has 0 aromatic carbocycles. The summed E-state index contributed by atoms with van der Waals surface area (Å²) < 4.78 is 24.5. The number of pyridine rings is 1. The maximum Gasteiger partial charge on any atom is 0.280 e. The van der Waals surface area contributed by atoms with Crippen LogP contribution in [-0.4, -0.2) is 4.98 Å². The average Bonchev–Trinajstić information content (AvgIpc) is 2.04. The topological polar surface area (TPSA) is 36.7 Å². The minimum absolute atomic E-state index is 0.0620. The lowest BCUT2D eigenvalue weighted by Gasteiger charge is -2.05. The molecule has 0 spiro atoms. The molecule has 0 atom stereocenters. The third kappa shape index (κ3) is 1.76. The monoisotopic (exact) mass is 202 g/mol. The minimum atomic E-state index is -2.68. The van der Waals surface area contributed by atoms with Crippen LogP contribution in [0.25, 0.3) is 0 Å². The van der Waals surface area contributed by atoms with E-state index in [9.17, 15) is 8.78 Å². The van der Waals surface area contributed by atoms with Crippen molar-refractivity contribution in [1.82, 2.24) is 4.98 Å². The van der Waals surface area contributed by atoms with Crippen molar-refractivity contribution in [3.05, 3.63) is 28.0 Å². The first-order valence-electron chi connectivity index (χ1n) is 3.41. The van der Waals surface area contributed by atoms with Gasteiger partial charge in [0.05, 0.1) is 10.6 Å². The Morgan fingerprint density at radius 2 is 2.23 bits per heavy atom. The van der Waals surface area contributed by atoms with E-state index in [1.165, 1.54) is 6.92 Å². The first-order chi connectivity index (χ1) is 6.07. The molecule has 1 aromatic heterocycles. The van der Waals surface area contributed by atoms with E-state index in [2.05, 4.69) is 4.98 Å². The average molecular weight is 203 g/mol. The van der Waals surface area contributed by atoms with E-state index >= 15 is 0 Å². The van der Waals surface area contributed by atoms with E-state index in [0.29, 0.717) is 0 Å². The largest absolute Gasteiger partial charge is 0.280 e. The lowest BCUT2D eigenvalue weighted by atomic mass is 10.1. The van der Waals surface area contributed by atoms with Gasteiger partial charge in [-0.1, -0.05) is 11.6 Å². The van der Waals surface area contributed by atoms with Crippen molar-refractivity contribution in [2.45, 2.75) is 13.3 Å². The van der Waals surface area contributed by atoms with Crippen LogP contribution in [-0.2, 0) is 0 Å². The zero-order valence-corrected chi connectivity index (χ0v) is 7.44. The molecule has 0 N–H and O–H groups in total. The predicted octanol–water partition coefficient (Wildman–Crippen LogP) is 2.85. The van der Waals surface area contributed by atoms with Crippen LogP contribution in [0.2, 0.25) is 5.02 Å². The first kappa shape index (κ1) is 9.87. The second kappa shape index (κ2) is 3.67. The van der Waals surface area contributed by atoms with Crippen LogP contribution in [0.1, 0.15) is 23.2 Å². The Kier molecular flexibility index (Phi) is 2.79. The molecule has 1 aromatic rings. The van der Waals surface area contributed by atoms with Gasteiger partial charge in [-0.15, -0.1) is 0 Å². The molecule has 0 aliphatic carbocycles. The molecule has 0 aliphatic heterocycles. The van der Waals surface area contributed by atoms with Crippen molar-refractivity contribution < 1.29 is 8.78 Å². The van der Waals surface area contributed by atoms with Crippen molar-refractivity contribution in [1.29, 1.82) is 5.26 Å². The van der Waals surface area contributed by atoms with E-state index < -0.39 is 6.43 Å². The van der Waals surface area contributed by atoms with Gasteiger partial charge in [0, 0.05) is 6.20 Å². The highest BCUT2D eigenvalue weighted by Crippen LogP contribution is 2.26. The highest BCUT2D eigenvalue weighted by molar-refractivity contribution is 6.31. The molecular weight excluding hydrogens is 198 g/mol. The molecule has 0 radical (unpaired) electrons. The Bertz CT molecular complexity index is 371.